The monoisotopic (exact) mass is 367 g/mol. The topological polar surface area (TPSA) is 81.3 Å². The van der Waals surface area contributed by atoms with Crippen LogP contribution in [0.15, 0.2) is 40.8 Å². The molecule has 3 aromatic heterocycles. The van der Waals surface area contributed by atoms with E-state index in [0.29, 0.717) is 10.6 Å². The zero-order chi connectivity index (χ0) is 18.3. The molecule has 3 heterocycles. The van der Waals surface area contributed by atoms with Crippen molar-refractivity contribution in [2.75, 3.05) is 5.32 Å². The van der Waals surface area contributed by atoms with Crippen molar-refractivity contribution in [1.82, 2.24) is 18.9 Å². The summed E-state index contributed by atoms with van der Waals surface area (Å²) in [4.78, 5) is 34.2. The molecule has 0 atom stereocenters. The lowest BCUT2D eigenvalue weighted by atomic mass is 10.2. The van der Waals surface area contributed by atoms with E-state index in [1.54, 1.807) is 11.6 Å². The lowest BCUT2D eigenvalue weighted by Crippen LogP contribution is -2.25. The smallest absolute Gasteiger partial charge is 0.271 e. The van der Waals surface area contributed by atoms with Gasteiger partial charge in [-0.15, -0.1) is 11.3 Å². The first-order valence-corrected chi connectivity index (χ1v) is 9.19. The molecular weight excluding hydrogens is 350 g/mol. The van der Waals surface area contributed by atoms with Crippen molar-refractivity contribution in [1.29, 1.82) is 0 Å². The van der Waals surface area contributed by atoms with Crippen LogP contribution in [-0.2, 0) is 6.54 Å². The van der Waals surface area contributed by atoms with Crippen molar-refractivity contribution in [3.63, 3.8) is 0 Å². The van der Waals surface area contributed by atoms with Crippen molar-refractivity contribution in [2.24, 2.45) is 0 Å². The highest BCUT2D eigenvalue weighted by Gasteiger charge is 2.15. The van der Waals surface area contributed by atoms with E-state index in [2.05, 4.69) is 26.8 Å². The molecule has 132 valence electrons. The standard InChI is InChI=1S/C18H17N5O2S/c1-3-6-22-11(2)20-14-9-12(4-5-15(14)22)21-16(24)13-10-19-18-23(17(13)25)7-8-26-18/h4-5,7-10H,3,6H2,1-2H3,(H,21,24). The average Bonchev–Trinajstić information content (AvgIpc) is 3.21. The summed E-state index contributed by atoms with van der Waals surface area (Å²) in [5, 5.41) is 4.53. The predicted molar refractivity (Wildman–Crippen MR) is 102 cm³/mol. The number of rotatable bonds is 4. The number of aromatic nitrogens is 4. The van der Waals surface area contributed by atoms with Crippen LogP contribution in [0, 0.1) is 6.92 Å². The molecule has 1 amide bonds. The van der Waals surface area contributed by atoms with Gasteiger partial charge in [0.05, 0.1) is 11.0 Å². The number of benzene rings is 1. The molecule has 4 aromatic rings. The number of amides is 1. The molecule has 1 N–H and O–H groups in total. The number of fused-ring (bicyclic) bond motifs is 2. The minimum Gasteiger partial charge on any atom is -0.328 e. The molecular formula is C18H17N5O2S. The molecule has 4 rings (SSSR count). The van der Waals surface area contributed by atoms with Crippen LogP contribution in [0.25, 0.3) is 16.0 Å². The summed E-state index contributed by atoms with van der Waals surface area (Å²) in [6.07, 6.45) is 3.95. The fraction of sp³-hybridized carbons (Fsp3) is 0.222. The number of aryl methyl sites for hydroxylation is 2. The van der Waals surface area contributed by atoms with Crippen molar-refractivity contribution in [3.05, 3.63) is 57.7 Å². The Hall–Kier alpha value is -3.00. The number of hydrogen-bond acceptors (Lipinski definition) is 5. The summed E-state index contributed by atoms with van der Waals surface area (Å²) >= 11 is 1.34. The van der Waals surface area contributed by atoms with Crippen LogP contribution in [0.3, 0.4) is 0 Å². The molecule has 0 unspecified atom stereocenters. The third-order valence-corrected chi connectivity index (χ3v) is 5.00. The first kappa shape index (κ1) is 16.5. The Kier molecular flexibility index (Phi) is 4.04. The van der Waals surface area contributed by atoms with Crippen LogP contribution < -0.4 is 10.9 Å². The number of hydrogen-bond donors (Lipinski definition) is 1. The largest absolute Gasteiger partial charge is 0.328 e. The van der Waals surface area contributed by atoms with Gasteiger partial charge in [0.2, 0.25) is 0 Å². The molecule has 26 heavy (non-hydrogen) atoms. The van der Waals surface area contributed by atoms with E-state index >= 15 is 0 Å². The molecule has 0 aliphatic heterocycles. The van der Waals surface area contributed by atoms with Crippen molar-refractivity contribution < 1.29 is 4.79 Å². The Balaban J connectivity index is 1.66. The molecule has 0 radical (unpaired) electrons. The highest BCUT2D eigenvalue weighted by atomic mass is 32.1. The van der Waals surface area contributed by atoms with Gasteiger partial charge in [-0.2, -0.15) is 0 Å². The number of thiazole rings is 1. The lowest BCUT2D eigenvalue weighted by molar-refractivity contribution is 0.102. The van der Waals surface area contributed by atoms with Gasteiger partial charge in [0.25, 0.3) is 11.5 Å². The van der Waals surface area contributed by atoms with Gasteiger partial charge in [0.15, 0.2) is 4.96 Å². The second-order valence-corrected chi connectivity index (χ2v) is 6.87. The first-order valence-electron chi connectivity index (χ1n) is 8.31. The van der Waals surface area contributed by atoms with Crippen LogP contribution >= 0.6 is 11.3 Å². The summed E-state index contributed by atoms with van der Waals surface area (Å²) in [6.45, 7) is 4.99. The maximum atomic E-state index is 12.5. The fourth-order valence-corrected chi connectivity index (χ4v) is 3.69. The van der Waals surface area contributed by atoms with Crippen molar-refractivity contribution >= 4 is 38.9 Å². The van der Waals surface area contributed by atoms with E-state index in [1.807, 2.05) is 25.1 Å². The van der Waals surface area contributed by atoms with E-state index in [-0.39, 0.29) is 11.1 Å². The lowest BCUT2D eigenvalue weighted by Gasteiger charge is -2.06. The molecule has 8 heteroatoms. The highest BCUT2D eigenvalue weighted by Crippen LogP contribution is 2.21. The van der Waals surface area contributed by atoms with Crippen LogP contribution in [0.1, 0.15) is 29.5 Å². The van der Waals surface area contributed by atoms with E-state index < -0.39 is 5.91 Å². The number of anilines is 1. The summed E-state index contributed by atoms with van der Waals surface area (Å²) in [7, 11) is 0. The van der Waals surface area contributed by atoms with Crippen LogP contribution in [0.4, 0.5) is 5.69 Å². The maximum absolute atomic E-state index is 12.5. The van der Waals surface area contributed by atoms with Gasteiger partial charge in [-0.05, 0) is 31.5 Å². The van der Waals surface area contributed by atoms with Gasteiger partial charge < -0.3 is 9.88 Å². The quantitative estimate of drug-likeness (QED) is 0.601. The highest BCUT2D eigenvalue weighted by molar-refractivity contribution is 7.15. The molecule has 7 nitrogen and oxygen atoms in total. The molecule has 0 aliphatic carbocycles. The molecule has 0 saturated heterocycles. The van der Waals surface area contributed by atoms with Gasteiger partial charge >= 0.3 is 0 Å². The molecule has 0 saturated carbocycles. The van der Waals surface area contributed by atoms with Crippen molar-refractivity contribution in [3.8, 4) is 0 Å². The zero-order valence-electron chi connectivity index (χ0n) is 14.4. The zero-order valence-corrected chi connectivity index (χ0v) is 15.2. The first-order chi connectivity index (χ1) is 12.6. The predicted octanol–water partition coefficient (Wildman–Crippen LogP) is 3.08. The second-order valence-electron chi connectivity index (χ2n) is 6.00. The van der Waals surface area contributed by atoms with Crippen molar-refractivity contribution in [2.45, 2.75) is 26.8 Å². The third kappa shape index (κ3) is 2.68. The Morgan fingerprint density at radius 2 is 2.19 bits per heavy atom. The number of nitrogens with one attached hydrogen (secondary N) is 1. The normalized spacial score (nSPS) is 11.3. The van der Waals surface area contributed by atoms with E-state index in [1.165, 1.54) is 21.9 Å². The van der Waals surface area contributed by atoms with Crippen LogP contribution in [0.5, 0.6) is 0 Å². The maximum Gasteiger partial charge on any atom is 0.271 e. The Bertz CT molecular complexity index is 1190. The Morgan fingerprint density at radius 3 is 3.00 bits per heavy atom. The minimum atomic E-state index is -0.479. The summed E-state index contributed by atoms with van der Waals surface area (Å²) in [5.41, 5.74) is 2.07. The fourth-order valence-electron chi connectivity index (χ4n) is 3.01. The molecule has 1 aromatic carbocycles. The van der Waals surface area contributed by atoms with Crippen LogP contribution in [0.2, 0.25) is 0 Å². The number of carbonyl (C=O) groups is 1. The van der Waals surface area contributed by atoms with E-state index in [4.69, 9.17) is 0 Å². The number of imidazole rings is 1. The third-order valence-electron chi connectivity index (χ3n) is 4.23. The molecule has 0 aliphatic rings. The Labute approximate surface area is 152 Å². The van der Waals surface area contributed by atoms with Gasteiger partial charge in [-0.25, -0.2) is 9.97 Å². The average molecular weight is 367 g/mol. The second kappa shape index (κ2) is 6.38. The number of carbonyl (C=O) groups excluding carboxylic acids is 1. The van der Waals surface area contributed by atoms with Gasteiger partial charge in [-0.3, -0.25) is 14.0 Å². The summed E-state index contributed by atoms with van der Waals surface area (Å²) < 4.78 is 3.53. The Morgan fingerprint density at radius 1 is 1.35 bits per heavy atom. The number of nitrogens with zero attached hydrogens (tertiary/aromatic N) is 4. The van der Waals surface area contributed by atoms with Gasteiger partial charge in [-0.1, -0.05) is 6.92 Å². The molecule has 0 spiro atoms. The van der Waals surface area contributed by atoms with E-state index in [0.717, 1.165) is 29.8 Å². The van der Waals surface area contributed by atoms with Gasteiger partial charge in [0.1, 0.15) is 11.4 Å². The SMILES string of the molecule is CCCn1c(C)nc2cc(NC(=O)c3cnc4sccn4c3=O)ccc21. The van der Waals surface area contributed by atoms with Gasteiger partial charge in [0, 0.05) is 30.0 Å². The van der Waals surface area contributed by atoms with E-state index in [9.17, 15) is 9.59 Å². The molecule has 0 bridgehead atoms. The summed E-state index contributed by atoms with van der Waals surface area (Å²) in [5.74, 6) is 0.461. The minimum absolute atomic E-state index is 0.00805. The molecule has 0 fully saturated rings. The van der Waals surface area contributed by atoms with Crippen LogP contribution in [-0.4, -0.2) is 24.8 Å². The summed E-state index contributed by atoms with van der Waals surface area (Å²) in [6, 6.07) is 5.58.